The van der Waals surface area contributed by atoms with Crippen molar-refractivity contribution in [1.29, 1.82) is 0 Å². The predicted molar refractivity (Wildman–Crippen MR) is 59.4 cm³/mol. The van der Waals surface area contributed by atoms with E-state index < -0.39 is 0 Å². The molecule has 0 saturated heterocycles. The maximum atomic E-state index is 5.41. The summed E-state index contributed by atoms with van der Waals surface area (Å²) in [5.41, 5.74) is 1.04. The molecule has 1 atom stereocenters. The molecule has 0 radical (unpaired) electrons. The van der Waals surface area contributed by atoms with Gasteiger partial charge in [0.15, 0.2) is 10.8 Å². The third-order valence-corrected chi connectivity index (χ3v) is 4.45. The van der Waals surface area contributed by atoms with Crippen LogP contribution in [0.2, 0.25) is 0 Å². The molecular weight excluding hydrogens is 250 g/mol. The van der Waals surface area contributed by atoms with Crippen LogP contribution in [0.4, 0.5) is 0 Å². The molecule has 0 spiro atoms. The maximum Gasteiger partial charge on any atom is 0.290 e. The first-order valence-electron chi connectivity index (χ1n) is 3.88. The number of para-hydroxylation sites is 1. The average molecular weight is 259 g/mol. The van der Waals surface area contributed by atoms with Gasteiger partial charge in [-0.3, -0.25) is 0 Å². The number of hydrogen-bond donors (Lipinski definition) is 0. The normalized spacial score (nSPS) is 12.3. The van der Waals surface area contributed by atoms with E-state index in [1.54, 1.807) is 7.11 Å². The second-order valence-electron chi connectivity index (χ2n) is 2.54. The van der Waals surface area contributed by atoms with Crippen LogP contribution >= 0.6 is 26.7 Å². The van der Waals surface area contributed by atoms with Gasteiger partial charge >= 0.3 is 0 Å². The lowest BCUT2D eigenvalue weighted by Gasteiger charge is -1.83. The Hall–Kier alpha value is -0.450. The van der Waals surface area contributed by atoms with E-state index >= 15 is 0 Å². The summed E-state index contributed by atoms with van der Waals surface area (Å²) >= 11 is 3.41. The Morgan fingerprint density at radius 3 is 2.92 bits per heavy atom. The molecule has 1 unspecified atom stereocenters. The number of nitrogens with zero attached hydrogens (tertiary/aromatic N) is 1. The van der Waals surface area contributed by atoms with Gasteiger partial charge in [0.05, 0.1) is 12.4 Å². The molecule has 0 aliphatic heterocycles. The van der Waals surface area contributed by atoms with E-state index in [0.717, 1.165) is 15.9 Å². The minimum Gasteiger partial charge on any atom is -0.193 e. The van der Waals surface area contributed by atoms with Gasteiger partial charge in [-0.1, -0.05) is 28.1 Å². The fraction of sp³-hybridized carbons (Fsp3) is 0.222. The summed E-state index contributed by atoms with van der Waals surface area (Å²) in [5, 5.41) is 1.85. The van der Waals surface area contributed by atoms with E-state index in [2.05, 4.69) is 27.0 Å². The summed E-state index contributed by atoms with van der Waals surface area (Å²) in [6, 6.07) is 8.10. The third kappa shape index (κ3) is 1.49. The van der Waals surface area contributed by atoms with Crippen LogP contribution in [0.5, 0.6) is 0 Å². The van der Waals surface area contributed by atoms with Crippen LogP contribution in [0.3, 0.4) is 0 Å². The minimum absolute atomic E-state index is 0.244. The Morgan fingerprint density at radius 1 is 1.46 bits per heavy atom. The maximum absolute atomic E-state index is 5.41. The van der Waals surface area contributed by atoms with Gasteiger partial charge in [-0.05, 0) is 6.07 Å². The molecule has 0 N–H and O–H groups in total. The number of halogens is 1. The summed E-state index contributed by atoms with van der Waals surface area (Å²) in [4.78, 5) is 4.48. The number of benzene rings is 1. The van der Waals surface area contributed by atoms with E-state index in [1.807, 2.05) is 18.2 Å². The summed E-state index contributed by atoms with van der Waals surface area (Å²) < 4.78 is 6.60. The zero-order chi connectivity index (χ0) is 9.26. The summed E-state index contributed by atoms with van der Waals surface area (Å²) in [7, 11) is 1.48. The molecule has 1 aromatic carbocycles. The van der Waals surface area contributed by atoms with E-state index in [-0.39, 0.29) is 10.8 Å². The van der Waals surface area contributed by atoms with Crippen LogP contribution in [-0.4, -0.2) is 12.1 Å². The molecule has 0 amide bonds. The Kier molecular flexibility index (Phi) is 2.62. The number of aromatic nitrogens is 1. The quantitative estimate of drug-likeness (QED) is 0.611. The summed E-state index contributed by atoms with van der Waals surface area (Å²) in [6.07, 6.45) is 0. The Bertz CT molecular complexity index is 426. The number of hydrogen-bond acceptors (Lipinski definition) is 2. The zero-order valence-electron chi connectivity index (χ0n) is 7.16. The van der Waals surface area contributed by atoms with Crippen molar-refractivity contribution < 1.29 is 4.18 Å². The van der Waals surface area contributed by atoms with Crippen molar-refractivity contribution in [1.82, 2.24) is 4.98 Å². The predicted octanol–water partition coefficient (Wildman–Crippen LogP) is 2.94. The molecule has 1 aromatic heterocycles. The van der Waals surface area contributed by atoms with Crippen LogP contribution in [-0.2, 0) is 5.33 Å². The van der Waals surface area contributed by atoms with Gasteiger partial charge in [-0.25, -0.2) is 0 Å². The number of alkyl halides is 1. The molecule has 2 aromatic rings. The fourth-order valence-electron chi connectivity index (χ4n) is 1.27. The monoisotopic (exact) mass is 258 g/mol. The molecule has 0 aliphatic rings. The second kappa shape index (κ2) is 3.74. The molecule has 2 nitrogen and oxygen atoms in total. The van der Waals surface area contributed by atoms with Crippen molar-refractivity contribution in [2.24, 2.45) is 0 Å². The number of rotatable bonds is 2. The van der Waals surface area contributed by atoms with E-state index in [1.165, 1.54) is 4.70 Å². The average Bonchev–Trinajstić information content (AvgIpc) is 2.55. The Balaban J connectivity index is 2.73. The zero-order valence-corrected chi connectivity index (χ0v) is 9.56. The van der Waals surface area contributed by atoms with Crippen molar-refractivity contribution in [3.05, 3.63) is 29.3 Å². The lowest BCUT2D eigenvalue weighted by atomic mass is 10.3. The molecule has 2 rings (SSSR count). The van der Waals surface area contributed by atoms with Gasteiger partial charge in [0, 0.05) is 6.07 Å². The molecule has 0 saturated carbocycles. The van der Waals surface area contributed by atoms with Crippen molar-refractivity contribution >= 4 is 36.9 Å². The SMILES string of the molecule is CO[s+]1c(CBr)nc2ccccc21. The van der Waals surface area contributed by atoms with E-state index in [0.29, 0.717) is 0 Å². The van der Waals surface area contributed by atoms with E-state index in [9.17, 15) is 0 Å². The van der Waals surface area contributed by atoms with Crippen LogP contribution in [0, 0.1) is 0 Å². The smallest absolute Gasteiger partial charge is 0.193 e. The van der Waals surface area contributed by atoms with Crippen LogP contribution in [0.1, 0.15) is 5.01 Å². The van der Waals surface area contributed by atoms with Gasteiger partial charge in [0.25, 0.3) is 5.01 Å². The Morgan fingerprint density at radius 2 is 2.23 bits per heavy atom. The number of thiazole rings is 1. The first kappa shape index (κ1) is 9.12. The lowest BCUT2D eigenvalue weighted by Crippen LogP contribution is -1.83. The topological polar surface area (TPSA) is 22.1 Å². The van der Waals surface area contributed by atoms with Gasteiger partial charge in [0.1, 0.15) is 5.52 Å². The molecule has 0 fully saturated rings. The van der Waals surface area contributed by atoms with Crippen molar-refractivity contribution in [2.75, 3.05) is 7.11 Å². The first-order valence-corrected chi connectivity index (χ1v) is 6.15. The van der Waals surface area contributed by atoms with Crippen LogP contribution in [0.15, 0.2) is 24.3 Å². The van der Waals surface area contributed by atoms with Gasteiger partial charge in [0.2, 0.25) is 4.70 Å². The van der Waals surface area contributed by atoms with E-state index in [4.69, 9.17) is 4.18 Å². The number of fused-ring (bicyclic) bond motifs is 1. The third-order valence-electron chi connectivity index (χ3n) is 1.81. The highest BCUT2D eigenvalue weighted by molar-refractivity contribution is 9.08. The molecule has 68 valence electrons. The Labute approximate surface area is 87.9 Å². The van der Waals surface area contributed by atoms with Gasteiger partial charge in [-0.15, -0.1) is 0 Å². The summed E-state index contributed by atoms with van der Waals surface area (Å²) in [6.45, 7) is 0. The molecule has 0 aliphatic carbocycles. The van der Waals surface area contributed by atoms with Crippen LogP contribution < -0.4 is 4.18 Å². The highest BCUT2D eigenvalue weighted by atomic mass is 79.9. The largest absolute Gasteiger partial charge is 0.290 e. The minimum atomic E-state index is -0.244. The van der Waals surface area contributed by atoms with Crippen molar-refractivity contribution in [3.8, 4) is 0 Å². The van der Waals surface area contributed by atoms with Crippen molar-refractivity contribution in [2.45, 2.75) is 5.33 Å². The summed E-state index contributed by atoms with van der Waals surface area (Å²) in [5.74, 6) is 0. The highest BCUT2D eigenvalue weighted by Gasteiger charge is 2.21. The molecule has 0 bridgehead atoms. The van der Waals surface area contributed by atoms with Crippen molar-refractivity contribution in [3.63, 3.8) is 0 Å². The molecule has 1 heterocycles. The molecular formula is C9H9BrNOS+. The molecule has 13 heavy (non-hydrogen) atoms. The standard InChI is InChI=1S/C9H9BrNOS/c1-12-13-8-5-3-2-4-7(8)11-9(13)6-10/h2-5H,6H2,1H3/q+1. The first-order chi connectivity index (χ1) is 6.36. The van der Waals surface area contributed by atoms with Gasteiger partial charge < -0.3 is 0 Å². The van der Waals surface area contributed by atoms with Crippen LogP contribution in [0.25, 0.3) is 10.2 Å². The molecule has 4 heteroatoms. The second-order valence-corrected chi connectivity index (χ2v) is 4.88. The fourth-order valence-corrected chi connectivity index (χ4v) is 3.44. The highest BCUT2D eigenvalue weighted by Crippen LogP contribution is 2.32. The lowest BCUT2D eigenvalue weighted by molar-refractivity contribution is 0.550. The van der Waals surface area contributed by atoms with Gasteiger partial charge in [-0.2, -0.15) is 9.17 Å².